The summed E-state index contributed by atoms with van der Waals surface area (Å²) in [6.45, 7) is 4.17. The van der Waals surface area contributed by atoms with E-state index in [1.54, 1.807) is 22.3 Å². The van der Waals surface area contributed by atoms with Crippen molar-refractivity contribution in [2.45, 2.75) is 78.1 Å². The summed E-state index contributed by atoms with van der Waals surface area (Å²) in [6.07, 6.45) is 27.4. The molecule has 6 aromatic carbocycles. The maximum Gasteiger partial charge on any atom is -0.0512 e. The Balaban J connectivity index is 0.000000196. The van der Waals surface area contributed by atoms with E-state index in [0.717, 1.165) is 12.8 Å². The molecule has 0 atom stereocenters. The fourth-order valence-electron chi connectivity index (χ4n) is 6.98. The largest absolute Gasteiger partial charge is 0.210 e. The van der Waals surface area contributed by atoms with Gasteiger partial charge in [0.2, 0.25) is 0 Å². The summed E-state index contributed by atoms with van der Waals surface area (Å²) in [5.41, 5.74) is 14.4. The Kier molecular flexibility index (Phi) is 25.3. The third kappa shape index (κ3) is 18.3. The number of aryl methyl sites for hydroxylation is 4. The molecule has 304 valence electrons. The van der Waals surface area contributed by atoms with Gasteiger partial charge in [0.15, 0.2) is 0 Å². The van der Waals surface area contributed by atoms with Gasteiger partial charge in [0.25, 0.3) is 0 Å². The monoisotopic (exact) mass is 978 g/mol. The second-order valence-electron chi connectivity index (χ2n) is 14.8. The molecule has 0 heterocycles. The minimum atomic E-state index is 0. The number of rotatable bonds is 4. The minimum absolute atomic E-state index is 0. The van der Waals surface area contributed by atoms with Crippen LogP contribution in [0, 0.1) is 12.2 Å². The molecule has 4 aliphatic rings. The third-order valence-corrected chi connectivity index (χ3v) is 13.1. The molecule has 0 fully saturated rings. The van der Waals surface area contributed by atoms with E-state index in [1.807, 2.05) is 12.2 Å². The maximum atomic E-state index is 3.05. The molecular formula is C56H56Cl2Zr2-2. The Morgan fingerprint density at radius 1 is 0.433 bits per heavy atom. The SMILES string of the molecule is CC1=CC[C-]=C1.CC1=CC[C-]=C1.[Cl-].[Cl-].[Zr+2]=[C](c1ccccc1)c1ccccc1.[Zr+2]=[C](c1ccccc1)c1ccccc1.c1cc2c([cH-]1)CCCC2.c1cc2c([cH-]1)CCCC2. The first kappa shape index (κ1) is 51.0. The first-order valence-electron chi connectivity index (χ1n) is 20.8. The van der Waals surface area contributed by atoms with Gasteiger partial charge in [-0.3, -0.25) is 12.2 Å². The number of hydrogen-bond donors (Lipinski definition) is 0. The molecule has 0 bridgehead atoms. The van der Waals surface area contributed by atoms with E-state index in [0.29, 0.717) is 0 Å². The smallest absolute Gasteiger partial charge is 0.0512 e. The van der Waals surface area contributed by atoms with Crippen molar-refractivity contribution in [2.24, 2.45) is 0 Å². The molecule has 0 radical (unpaired) electrons. The molecule has 0 amide bonds. The van der Waals surface area contributed by atoms with Crippen molar-refractivity contribution in [3.8, 4) is 0 Å². The molecule has 0 spiro atoms. The van der Waals surface area contributed by atoms with Crippen LogP contribution in [-0.2, 0) is 74.2 Å². The van der Waals surface area contributed by atoms with Crippen LogP contribution >= 0.6 is 0 Å². The number of fused-ring (bicyclic) bond motifs is 2. The Hall–Kier alpha value is -3.37. The van der Waals surface area contributed by atoms with Gasteiger partial charge in [-0.1, -0.05) is 51.4 Å². The molecule has 0 aromatic heterocycles. The quantitative estimate of drug-likeness (QED) is 0.160. The van der Waals surface area contributed by atoms with Gasteiger partial charge in [-0.15, -0.1) is 26.7 Å². The van der Waals surface area contributed by atoms with Crippen LogP contribution < -0.4 is 24.8 Å². The van der Waals surface area contributed by atoms with Gasteiger partial charge >= 0.3 is 198 Å². The van der Waals surface area contributed by atoms with Crippen molar-refractivity contribution in [2.75, 3.05) is 0 Å². The van der Waals surface area contributed by atoms with Crippen molar-refractivity contribution >= 4 is 6.41 Å². The second kappa shape index (κ2) is 29.8. The molecule has 0 saturated carbocycles. The van der Waals surface area contributed by atoms with Crippen LogP contribution in [0.15, 0.2) is 193 Å². The Morgan fingerprint density at radius 3 is 0.967 bits per heavy atom. The van der Waals surface area contributed by atoms with Crippen molar-refractivity contribution in [1.29, 1.82) is 0 Å². The molecule has 10 rings (SSSR count). The summed E-state index contributed by atoms with van der Waals surface area (Å²) in [5.74, 6) is 0. The van der Waals surface area contributed by atoms with Crippen molar-refractivity contribution in [1.82, 2.24) is 0 Å². The van der Waals surface area contributed by atoms with E-state index < -0.39 is 0 Å². The van der Waals surface area contributed by atoms with Crippen LogP contribution in [-0.4, -0.2) is 6.41 Å². The van der Waals surface area contributed by atoms with E-state index in [1.165, 1.54) is 140 Å². The van der Waals surface area contributed by atoms with Crippen molar-refractivity contribution in [3.05, 3.63) is 250 Å². The van der Waals surface area contributed by atoms with Crippen molar-refractivity contribution < 1.29 is 73.3 Å². The van der Waals surface area contributed by atoms with Crippen LogP contribution in [0.25, 0.3) is 0 Å². The summed E-state index contributed by atoms with van der Waals surface area (Å²) >= 11 is 2.92. The first-order valence-corrected chi connectivity index (χ1v) is 23.3. The van der Waals surface area contributed by atoms with E-state index >= 15 is 0 Å². The predicted octanol–water partition coefficient (Wildman–Crippen LogP) is 7.57. The van der Waals surface area contributed by atoms with Gasteiger partial charge < -0.3 is 24.8 Å². The van der Waals surface area contributed by atoms with Gasteiger partial charge in [-0.25, -0.2) is 35.4 Å². The normalized spacial score (nSPS) is 13.5. The first-order chi connectivity index (χ1) is 28.5. The zero-order valence-corrected chi connectivity index (χ0v) is 41.6. The molecule has 0 N–H and O–H groups in total. The zero-order chi connectivity index (χ0) is 40.6. The van der Waals surface area contributed by atoms with Crippen LogP contribution in [0.4, 0.5) is 0 Å². The van der Waals surface area contributed by atoms with Crippen LogP contribution in [0.5, 0.6) is 0 Å². The standard InChI is InChI=1S/2C13H10.2C9H11.2C6H7.2ClH.2Zr/c2*1-3-7-12(8-4-1)11-13-9-5-2-6-10-13;2*1-2-5-9-7-3-6-8(9)4-1;2*1-6-4-2-3-5-6;;;;/h2*1-10H;2*3,6-7H,1-2,4-5H2;2*4-5H,2H2,1H3;2*1H;;/q;;4*-1;;;2*+2/p-2. The number of allylic oxidation sites excluding steroid dienone is 8. The number of benzene rings is 4. The fourth-order valence-corrected chi connectivity index (χ4v) is 8.62. The van der Waals surface area contributed by atoms with Crippen molar-refractivity contribution in [3.63, 3.8) is 0 Å². The Labute approximate surface area is 403 Å². The molecule has 4 aliphatic carbocycles. The fraction of sp³-hybridized carbons (Fsp3) is 0.214. The van der Waals surface area contributed by atoms with E-state index in [2.05, 4.69) is 196 Å². The molecule has 6 aromatic rings. The predicted molar refractivity (Wildman–Crippen MR) is 242 cm³/mol. The molecule has 60 heavy (non-hydrogen) atoms. The van der Waals surface area contributed by atoms with Gasteiger partial charge in [0.05, 0.1) is 0 Å². The molecule has 0 aliphatic heterocycles. The summed E-state index contributed by atoms with van der Waals surface area (Å²) in [5, 5.41) is 0. The number of hydrogen-bond acceptors (Lipinski definition) is 0. The topological polar surface area (TPSA) is 0 Å². The average Bonchev–Trinajstić information content (AvgIpc) is 4.16. The average molecular weight is 982 g/mol. The van der Waals surface area contributed by atoms with Crippen LogP contribution in [0.3, 0.4) is 0 Å². The Bertz CT molecular complexity index is 1930. The van der Waals surface area contributed by atoms with Gasteiger partial charge in [0.1, 0.15) is 0 Å². The van der Waals surface area contributed by atoms with Crippen LogP contribution in [0.1, 0.15) is 96.9 Å². The molecule has 0 unspecified atom stereocenters. The van der Waals surface area contributed by atoms with Gasteiger partial charge in [0, 0.05) is 0 Å². The zero-order valence-electron chi connectivity index (χ0n) is 35.1. The summed E-state index contributed by atoms with van der Waals surface area (Å²) in [4.78, 5) is 0. The van der Waals surface area contributed by atoms with E-state index in [-0.39, 0.29) is 24.8 Å². The summed E-state index contributed by atoms with van der Waals surface area (Å²) in [7, 11) is 0. The van der Waals surface area contributed by atoms with E-state index in [9.17, 15) is 0 Å². The van der Waals surface area contributed by atoms with Crippen LogP contribution in [0.2, 0.25) is 0 Å². The van der Waals surface area contributed by atoms with Gasteiger partial charge in [-0.05, 0) is 0 Å². The van der Waals surface area contributed by atoms with Gasteiger partial charge in [-0.2, -0.15) is 58.7 Å². The molecule has 0 saturated heterocycles. The molecule has 4 heteroatoms. The maximum absolute atomic E-state index is 3.05. The Morgan fingerprint density at radius 2 is 0.733 bits per heavy atom. The van der Waals surface area contributed by atoms with E-state index in [4.69, 9.17) is 0 Å². The third-order valence-electron chi connectivity index (χ3n) is 10.3. The number of halogens is 2. The summed E-state index contributed by atoms with van der Waals surface area (Å²) in [6, 6.07) is 55.6. The molecular weight excluding hydrogens is 926 g/mol. The molecule has 0 nitrogen and oxygen atoms in total. The minimum Gasteiger partial charge on any atom is -0.210 e. The second-order valence-corrected chi connectivity index (χ2v) is 17.2. The summed E-state index contributed by atoms with van der Waals surface area (Å²) < 4.78 is 2.83.